The molecule has 208 valence electrons. The lowest BCUT2D eigenvalue weighted by atomic mass is 10.0. The Labute approximate surface area is 230 Å². The fourth-order valence-corrected chi connectivity index (χ4v) is 4.76. The molecule has 0 spiro atoms. The van der Waals surface area contributed by atoms with Crippen LogP contribution in [0.3, 0.4) is 0 Å². The van der Waals surface area contributed by atoms with Gasteiger partial charge in [-0.2, -0.15) is 0 Å². The first-order valence-electron chi connectivity index (χ1n) is 13.7. The van der Waals surface area contributed by atoms with Crippen LogP contribution in [0.2, 0.25) is 0 Å². The van der Waals surface area contributed by atoms with Crippen LogP contribution in [0.4, 0.5) is 0 Å². The summed E-state index contributed by atoms with van der Waals surface area (Å²) < 4.78 is 6.18. The van der Waals surface area contributed by atoms with Gasteiger partial charge in [0.25, 0.3) is 0 Å². The first-order valence-corrected chi connectivity index (χ1v) is 13.7. The highest BCUT2D eigenvalue weighted by Crippen LogP contribution is 2.24. The summed E-state index contributed by atoms with van der Waals surface area (Å²) in [4.78, 5) is 34.5. The number of carbonyl (C=O) groups is 2. The molecule has 39 heavy (non-hydrogen) atoms. The number of aliphatic hydroxyl groups is 1. The molecule has 1 atom stereocenters. The van der Waals surface area contributed by atoms with E-state index in [4.69, 9.17) is 4.74 Å². The van der Waals surface area contributed by atoms with Crippen LogP contribution in [0.15, 0.2) is 61.1 Å². The van der Waals surface area contributed by atoms with Crippen molar-refractivity contribution in [2.45, 2.75) is 57.7 Å². The summed E-state index contributed by atoms with van der Waals surface area (Å²) in [5.41, 5.74) is 4.02. The molecule has 1 aliphatic heterocycles. The summed E-state index contributed by atoms with van der Waals surface area (Å²) in [6, 6.07) is 15.8. The molecule has 2 aromatic carbocycles. The number of nitrogens with zero attached hydrogens (tertiary/aromatic N) is 2. The number of ether oxygens (including phenoxy) is 1. The van der Waals surface area contributed by atoms with E-state index in [-0.39, 0.29) is 24.5 Å². The summed E-state index contributed by atoms with van der Waals surface area (Å²) in [7, 11) is 0. The molecule has 4 N–H and O–H groups in total. The summed E-state index contributed by atoms with van der Waals surface area (Å²) in [6.07, 6.45) is 7.47. The molecule has 0 aliphatic carbocycles. The molecule has 0 saturated carbocycles. The highest BCUT2D eigenvalue weighted by molar-refractivity contribution is 5.78. The fourth-order valence-electron chi connectivity index (χ4n) is 4.76. The van der Waals surface area contributed by atoms with Gasteiger partial charge < -0.3 is 25.5 Å². The molecule has 0 radical (unpaired) electrons. The van der Waals surface area contributed by atoms with Crippen LogP contribution in [0.25, 0.3) is 0 Å². The average Bonchev–Trinajstić information content (AvgIpc) is 3.45. The van der Waals surface area contributed by atoms with E-state index in [1.807, 2.05) is 30.3 Å². The number of aromatic amines is 1. The average molecular weight is 534 g/mol. The zero-order valence-electron chi connectivity index (χ0n) is 22.4. The second kappa shape index (κ2) is 15.0. The van der Waals surface area contributed by atoms with E-state index < -0.39 is 0 Å². The second-order valence-corrected chi connectivity index (χ2v) is 10.1. The van der Waals surface area contributed by atoms with Crippen LogP contribution in [-0.4, -0.2) is 64.1 Å². The van der Waals surface area contributed by atoms with E-state index in [0.29, 0.717) is 52.0 Å². The number of carbonyl (C=O) groups excluding carboxylic acids is 2. The molecule has 1 aliphatic rings. The molecule has 2 heterocycles. The molecule has 1 aromatic heterocycles. The normalized spacial score (nSPS) is 16.0. The number of nitrogens with one attached hydrogen (secondary N) is 3. The quantitative estimate of drug-likeness (QED) is 0.336. The predicted molar refractivity (Wildman–Crippen MR) is 149 cm³/mol. The molecule has 0 saturated heterocycles. The third kappa shape index (κ3) is 9.53. The number of amides is 2. The van der Waals surface area contributed by atoms with Gasteiger partial charge in [0.15, 0.2) is 0 Å². The Bertz CT molecular complexity index is 1170. The zero-order valence-corrected chi connectivity index (χ0v) is 22.4. The van der Waals surface area contributed by atoms with Crippen LogP contribution in [-0.2, 0) is 35.5 Å². The highest BCUT2D eigenvalue weighted by Gasteiger charge is 2.17. The number of hydrogen-bond acceptors (Lipinski definition) is 6. The largest absolute Gasteiger partial charge is 0.493 e. The number of imidazole rings is 1. The molecule has 0 unspecified atom stereocenters. The van der Waals surface area contributed by atoms with Crippen LogP contribution in [0.1, 0.15) is 48.1 Å². The number of rotatable bonds is 9. The fraction of sp³-hybridized carbons (Fsp3) is 0.433. The van der Waals surface area contributed by atoms with E-state index in [0.717, 1.165) is 47.4 Å². The lowest BCUT2D eigenvalue weighted by Crippen LogP contribution is -2.39. The van der Waals surface area contributed by atoms with Crippen LogP contribution in [0, 0.1) is 0 Å². The van der Waals surface area contributed by atoms with E-state index in [1.165, 1.54) is 0 Å². The topological polar surface area (TPSA) is 120 Å². The maximum absolute atomic E-state index is 12.7. The highest BCUT2D eigenvalue weighted by atomic mass is 16.5. The summed E-state index contributed by atoms with van der Waals surface area (Å²) >= 11 is 0. The monoisotopic (exact) mass is 533 g/mol. The van der Waals surface area contributed by atoms with Gasteiger partial charge in [0.05, 0.1) is 32.1 Å². The van der Waals surface area contributed by atoms with Gasteiger partial charge >= 0.3 is 0 Å². The first-order chi connectivity index (χ1) is 19.1. The number of H-pyrrole nitrogens is 1. The molecular weight excluding hydrogens is 494 g/mol. The molecule has 0 fully saturated rings. The molecular formula is C30H39N5O4. The van der Waals surface area contributed by atoms with Gasteiger partial charge in [-0.3, -0.25) is 14.5 Å². The predicted octanol–water partition coefficient (Wildman–Crippen LogP) is 2.74. The van der Waals surface area contributed by atoms with Gasteiger partial charge in [-0.15, -0.1) is 0 Å². The van der Waals surface area contributed by atoms with Gasteiger partial charge in [0.1, 0.15) is 5.75 Å². The number of fused-ring (bicyclic) bond motifs is 1. The Kier molecular flexibility index (Phi) is 10.9. The van der Waals surface area contributed by atoms with E-state index in [2.05, 4.69) is 43.7 Å². The van der Waals surface area contributed by atoms with Crippen LogP contribution in [0.5, 0.6) is 5.75 Å². The smallest absolute Gasteiger partial charge is 0.234 e. The number of hydrogen-bond donors (Lipinski definition) is 4. The van der Waals surface area contributed by atoms with Crippen molar-refractivity contribution < 1.29 is 19.4 Å². The van der Waals surface area contributed by atoms with Gasteiger partial charge in [-0.05, 0) is 42.9 Å². The number of aryl methyl sites for hydroxylation is 1. The van der Waals surface area contributed by atoms with Crippen molar-refractivity contribution in [3.63, 3.8) is 0 Å². The molecule has 0 bridgehead atoms. The van der Waals surface area contributed by atoms with Crippen LogP contribution < -0.4 is 15.4 Å². The lowest BCUT2D eigenvalue weighted by Gasteiger charge is -2.24. The van der Waals surface area contributed by atoms with E-state index >= 15 is 0 Å². The number of aliphatic hydroxyl groups excluding tert-OH is 1. The molecule has 3 aromatic rings. The Balaban J connectivity index is 1.44. The van der Waals surface area contributed by atoms with Gasteiger partial charge in [-0.25, -0.2) is 4.98 Å². The number of aromatic nitrogens is 2. The SMILES string of the molecule is O=C1CN(Cc2ccccc2)Cc2cc(CCC(=O)N[C@H](CO)Cc3cnc[nH]3)ccc2OCCCCCN1. The van der Waals surface area contributed by atoms with Crippen molar-refractivity contribution in [2.24, 2.45) is 0 Å². The minimum Gasteiger partial charge on any atom is -0.493 e. The summed E-state index contributed by atoms with van der Waals surface area (Å²) in [5.74, 6) is 0.728. The van der Waals surface area contributed by atoms with Gasteiger partial charge in [0, 0.05) is 49.9 Å². The van der Waals surface area contributed by atoms with Crippen molar-refractivity contribution in [3.8, 4) is 5.75 Å². The van der Waals surface area contributed by atoms with Crippen molar-refractivity contribution in [1.82, 2.24) is 25.5 Å². The maximum atomic E-state index is 12.7. The Morgan fingerprint density at radius 3 is 2.77 bits per heavy atom. The van der Waals surface area contributed by atoms with Crippen LogP contribution >= 0.6 is 0 Å². The standard InChI is InChI=1S/C30H39N5O4/c36-21-27(16-26-17-31-22-33-26)34-29(37)12-10-23-9-11-28-25(15-23)19-35(18-24-7-3-1-4-8-24)20-30(38)32-13-5-2-6-14-39-28/h1,3-4,7-9,11,15,17,22,27,36H,2,5-6,10,12-14,16,18-21H2,(H,31,33)(H,32,38)(H,34,37)/t27-/m0/s1. The first kappa shape index (κ1) is 28.3. The van der Waals surface area contributed by atoms with Crippen molar-refractivity contribution in [2.75, 3.05) is 26.3 Å². The Morgan fingerprint density at radius 1 is 1.10 bits per heavy atom. The van der Waals surface area contributed by atoms with Crippen molar-refractivity contribution in [1.29, 1.82) is 0 Å². The zero-order chi connectivity index (χ0) is 27.3. The maximum Gasteiger partial charge on any atom is 0.234 e. The molecule has 4 rings (SSSR count). The second-order valence-electron chi connectivity index (χ2n) is 10.1. The summed E-state index contributed by atoms with van der Waals surface area (Å²) in [5, 5.41) is 15.7. The molecule has 9 heteroatoms. The lowest BCUT2D eigenvalue weighted by molar-refractivity contribution is -0.123. The minimum atomic E-state index is -0.371. The Morgan fingerprint density at radius 2 is 1.97 bits per heavy atom. The third-order valence-electron chi connectivity index (χ3n) is 6.78. The Hall–Kier alpha value is -3.69. The molecule has 2 amide bonds. The summed E-state index contributed by atoms with van der Waals surface area (Å²) in [6.45, 7) is 2.63. The van der Waals surface area contributed by atoms with Gasteiger partial charge in [-0.1, -0.05) is 42.5 Å². The minimum absolute atomic E-state index is 0.0223. The molecule has 9 nitrogen and oxygen atoms in total. The van der Waals surface area contributed by atoms with E-state index in [1.54, 1.807) is 12.5 Å². The van der Waals surface area contributed by atoms with Crippen molar-refractivity contribution >= 4 is 11.8 Å². The van der Waals surface area contributed by atoms with Crippen molar-refractivity contribution in [3.05, 3.63) is 83.4 Å². The third-order valence-corrected chi connectivity index (χ3v) is 6.78. The van der Waals surface area contributed by atoms with E-state index in [9.17, 15) is 14.7 Å². The van der Waals surface area contributed by atoms with Gasteiger partial charge in [0.2, 0.25) is 11.8 Å². The number of benzene rings is 2.